The summed E-state index contributed by atoms with van der Waals surface area (Å²) < 4.78 is 12.2. The van der Waals surface area contributed by atoms with E-state index in [2.05, 4.69) is 10.4 Å². The van der Waals surface area contributed by atoms with Crippen LogP contribution in [0.3, 0.4) is 0 Å². The third-order valence-electron chi connectivity index (χ3n) is 4.65. The summed E-state index contributed by atoms with van der Waals surface area (Å²) in [4.78, 5) is 26.0. The Morgan fingerprint density at radius 2 is 2.00 bits per heavy atom. The van der Waals surface area contributed by atoms with Crippen LogP contribution in [0.25, 0.3) is 0 Å². The Balaban J connectivity index is 1.65. The van der Waals surface area contributed by atoms with Gasteiger partial charge in [0.25, 0.3) is 5.91 Å². The number of carbonyl (C=O) groups excluding carboxylic acids is 2. The molecule has 130 valence electrons. The number of nitrogens with zero attached hydrogens (tertiary/aromatic N) is 3. The smallest absolute Gasteiger partial charge is 0.330 e. The van der Waals surface area contributed by atoms with Gasteiger partial charge in [-0.3, -0.25) is 4.79 Å². The molecule has 1 aromatic carbocycles. The van der Waals surface area contributed by atoms with Crippen LogP contribution in [0, 0.1) is 0 Å². The highest BCUT2D eigenvalue weighted by atomic mass is 16.5. The number of aromatic nitrogens is 2. The SMILES string of the molecule is COc1ccc(Cn2nccc2N2C(=O)NC3(CC3)C2=O)c(OC)c1. The zero-order chi connectivity index (χ0) is 17.6. The van der Waals surface area contributed by atoms with Crippen molar-refractivity contribution in [3.63, 3.8) is 0 Å². The molecule has 8 heteroatoms. The van der Waals surface area contributed by atoms with E-state index in [0.29, 0.717) is 36.7 Å². The van der Waals surface area contributed by atoms with Gasteiger partial charge in [-0.15, -0.1) is 0 Å². The van der Waals surface area contributed by atoms with Crippen LogP contribution in [0.4, 0.5) is 10.6 Å². The lowest BCUT2D eigenvalue weighted by Gasteiger charge is -2.16. The van der Waals surface area contributed by atoms with Crippen LogP contribution in [0.2, 0.25) is 0 Å². The minimum Gasteiger partial charge on any atom is -0.497 e. The zero-order valence-electron chi connectivity index (χ0n) is 14.0. The van der Waals surface area contributed by atoms with Gasteiger partial charge in [-0.2, -0.15) is 5.10 Å². The van der Waals surface area contributed by atoms with Crippen molar-refractivity contribution < 1.29 is 19.1 Å². The van der Waals surface area contributed by atoms with Gasteiger partial charge < -0.3 is 14.8 Å². The molecule has 2 heterocycles. The molecule has 2 aromatic rings. The molecular formula is C17H18N4O4. The Labute approximate surface area is 144 Å². The normalized spacial score (nSPS) is 17.8. The van der Waals surface area contributed by atoms with E-state index in [9.17, 15) is 9.59 Å². The van der Waals surface area contributed by atoms with Gasteiger partial charge in [0.1, 0.15) is 22.9 Å². The van der Waals surface area contributed by atoms with E-state index >= 15 is 0 Å². The minimum absolute atomic E-state index is 0.207. The summed E-state index contributed by atoms with van der Waals surface area (Å²) in [5.74, 6) is 1.58. The zero-order valence-corrected chi connectivity index (χ0v) is 14.0. The molecular weight excluding hydrogens is 324 g/mol. The minimum atomic E-state index is -0.690. The molecule has 1 spiro atoms. The number of urea groups is 1. The first kappa shape index (κ1) is 15.5. The number of hydrogen-bond donors (Lipinski definition) is 1. The van der Waals surface area contributed by atoms with Crippen molar-refractivity contribution in [1.82, 2.24) is 15.1 Å². The summed E-state index contributed by atoms with van der Waals surface area (Å²) in [6.45, 7) is 0.361. The summed E-state index contributed by atoms with van der Waals surface area (Å²) in [5, 5.41) is 7.04. The van der Waals surface area contributed by atoms with Gasteiger partial charge >= 0.3 is 6.03 Å². The van der Waals surface area contributed by atoms with Gasteiger partial charge in [0.15, 0.2) is 0 Å². The molecule has 0 atom stereocenters. The number of imide groups is 1. The summed E-state index contributed by atoms with van der Waals surface area (Å²) in [6, 6.07) is 6.75. The maximum Gasteiger partial charge on any atom is 0.330 e. The molecule has 1 saturated heterocycles. The topological polar surface area (TPSA) is 85.7 Å². The predicted molar refractivity (Wildman–Crippen MR) is 88.9 cm³/mol. The fourth-order valence-electron chi connectivity index (χ4n) is 3.07. The molecule has 8 nitrogen and oxygen atoms in total. The van der Waals surface area contributed by atoms with Crippen molar-refractivity contribution in [3.8, 4) is 11.5 Å². The third kappa shape index (κ3) is 2.41. The number of anilines is 1. The maximum absolute atomic E-state index is 12.6. The third-order valence-corrected chi connectivity index (χ3v) is 4.65. The number of rotatable bonds is 5. The molecule has 0 bridgehead atoms. The van der Waals surface area contributed by atoms with Crippen LogP contribution in [-0.2, 0) is 11.3 Å². The second kappa shape index (κ2) is 5.51. The number of nitrogens with one attached hydrogen (secondary N) is 1. The largest absolute Gasteiger partial charge is 0.497 e. The van der Waals surface area contributed by atoms with Gasteiger partial charge in [-0.05, 0) is 25.0 Å². The maximum atomic E-state index is 12.6. The molecule has 1 aliphatic heterocycles. The van der Waals surface area contributed by atoms with E-state index in [1.54, 1.807) is 37.2 Å². The molecule has 2 aliphatic rings. The first-order valence-electron chi connectivity index (χ1n) is 7.97. The van der Waals surface area contributed by atoms with E-state index in [-0.39, 0.29) is 5.91 Å². The molecule has 4 rings (SSSR count). The standard InChI is InChI=1S/C17H18N4O4/c1-24-12-4-3-11(13(9-12)25-2)10-20-14(5-8-18-20)21-15(22)17(6-7-17)19-16(21)23/h3-5,8-9H,6-7,10H2,1-2H3,(H,19,23). The molecule has 1 saturated carbocycles. The fraction of sp³-hybridized carbons (Fsp3) is 0.353. The van der Waals surface area contributed by atoms with Crippen LogP contribution in [0.5, 0.6) is 11.5 Å². The van der Waals surface area contributed by atoms with Crippen LogP contribution in [0.15, 0.2) is 30.5 Å². The Morgan fingerprint density at radius 1 is 1.20 bits per heavy atom. The Kier molecular flexibility index (Phi) is 3.41. The monoisotopic (exact) mass is 342 g/mol. The highest BCUT2D eigenvalue weighted by molar-refractivity contribution is 6.24. The quantitative estimate of drug-likeness (QED) is 0.833. The first-order valence-corrected chi connectivity index (χ1v) is 7.97. The van der Waals surface area contributed by atoms with Crippen LogP contribution in [-0.4, -0.2) is 41.5 Å². The molecule has 0 unspecified atom stereocenters. The van der Waals surface area contributed by atoms with Crippen molar-refractivity contribution >= 4 is 17.8 Å². The Hall–Kier alpha value is -3.03. The van der Waals surface area contributed by atoms with Crippen molar-refractivity contribution in [1.29, 1.82) is 0 Å². The number of amides is 3. The Morgan fingerprint density at radius 3 is 2.64 bits per heavy atom. The van der Waals surface area contributed by atoms with E-state index < -0.39 is 11.6 Å². The summed E-state index contributed by atoms with van der Waals surface area (Å²) in [5.41, 5.74) is 0.172. The molecule has 3 amide bonds. The molecule has 25 heavy (non-hydrogen) atoms. The number of carbonyl (C=O) groups is 2. The van der Waals surface area contributed by atoms with E-state index in [1.165, 1.54) is 4.90 Å². The summed E-state index contributed by atoms with van der Waals surface area (Å²) in [7, 11) is 3.17. The molecule has 1 aromatic heterocycles. The van der Waals surface area contributed by atoms with Gasteiger partial charge in [0, 0.05) is 17.7 Å². The van der Waals surface area contributed by atoms with E-state index in [1.807, 2.05) is 12.1 Å². The second-order valence-electron chi connectivity index (χ2n) is 6.18. The van der Waals surface area contributed by atoms with Crippen LogP contribution >= 0.6 is 0 Å². The van der Waals surface area contributed by atoms with E-state index in [0.717, 1.165) is 5.56 Å². The second-order valence-corrected chi connectivity index (χ2v) is 6.18. The lowest BCUT2D eigenvalue weighted by molar-refractivity contribution is -0.119. The van der Waals surface area contributed by atoms with Gasteiger partial charge in [0.05, 0.1) is 27.0 Å². The lowest BCUT2D eigenvalue weighted by atomic mass is 10.2. The highest BCUT2D eigenvalue weighted by Crippen LogP contribution is 2.42. The first-order chi connectivity index (χ1) is 12.1. The van der Waals surface area contributed by atoms with Gasteiger partial charge in [-0.25, -0.2) is 14.4 Å². The van der Waals surface area contributed by atoms with Crippen molar-refractivity contribution in [2.24, 2.45) is 0 Å². The molecule has 0 radical (unpaired) electrons. The van der Waals surface area contributed by atoms with Crippen molar-refractivity contribution in [3.05, 3.63) is 36.0 Å². The average molecular weight is 342 g/mol. The summed E-state index contributed by atoms with van der Waals surface area (Å²) in [6.07, 6.45) is 2.95. The number of hydrogen-bond acceptors (Lipinski definition) is 5. The highest BCUT2D eigenvalue weighted by Gasteiger charge is 2.60. The molecule has 1 aliphatic carbocycles. The van der Waals surface area contributed by atoms with Crippen LogP contribution < -0.4 is 19.7 Å². The van der Waals surface area contributed by atoms with Crippen molar-refractivity contribution in [2.45, 2.75) is 24.9 Å². The van der Waals surface area contributed by atoms with Crippen molar-refractivity contribution in [2.75, 3.05) is 19.1 Å². The Bertz CT molecular complexity index is 856. The summed E-state index contributed by atoms with van der Waals surface area (Å²) >= 11 is 0. The number of methoxy groups -OCH3 is 2. The van der Waals surface area contributed by atoms with Gasteiger partial charge in [-0.1, -0.05) is 0 Å². The molecule has 2 fully saturated rings. The molecule has 1 N–H and O–H groups in total. The van der Waals surface area contributed by atoms with Gasteiger partial charge in [0.2, 0.25) is 0 Å². The van der Waals surface area contributed by atoms with E-state index in [4.69, 9.17) is 9.47 Å². The predicted octanol–water partition coefficient (Wildman–Crippen LogP) is 1.54. The number of benzene rings is 1. The van der Waals surface area contributed by atoms with Crippen LogP contribution in [0.1, 0.15) is 18.4 Å². The average Bonchev–Trinajstić information content (AvgIpc) is 3.19. The fourth-order valence-corrected chi connectivity index (χ4v) is 3.07. The lowest BCUT2D eigenvalue weighted by Crippen LogP contribution is -2.34. The number of ether oxygens (including phenoxy) is 2.